The van der Waals surface area contributed by atoms with E-state index in [9.17, 15) is 5.11 Å². The van der Waals surface area contributed by atoms with Gasteiger partial charge < -0.3 is 9.84 Å². The Morgan fingerprint density at radius 1 is 1.29 bits per heavy atom. The van der Waals surface area contributed by atoms with Crippen molar-refractivity contribution in [2.75, 3.05) is 7.11 Å². The number of rotatable bonds is 4. The van der Waals surface area contributed by atoms with Gasteiger partial charge in [-0.15, -0.1) is 0 Å². The topological polar surface area (TPSA) is 29.5 Å². The molecule has 1 aromatic rings. The third-order valence-electron chi connectivity index (χ3n) is 3.84. The summed E-state index contributed by atoms with van der Waals surface area (Å²) in [5, 5.41) is 10.8. The maximum Gasteiger partial charge on any atom is 0.128 e. The predicted octanol–water partition coefficient (Wildman–Crippen LogP) is 3.57. The van der Waals surface area contributed by atoms with E-state index in [2.05, 4.69) is 13.0 Å². The Balaban J connectivity index is 3.45. The highest BCUT2D eigenvalue weighted by Crippen LogP contribution is 2.40. The molecule has 0 saturated heterocycles. The molecule has 0 spiro atoms. The van der Waals surface area contributed by atoms with Crippen LogP contribution in [0.25, 0.3) is 0 Å². The Kier molecular flexibility index (Phi) is 4.21. The molecule has 0 aromatic heterocycles. The Labute approximate surface area is 105 Å². The Morgan fingerprint density at radius 3 is 2.29 bits per heavy atom. The zero-order chi connectivity index (χ0) is 13.2. The molecule has 1 rings (SSSR count). The second kappa shape index (κ2) is 5.09. The quantitative estimate of drug-likeness (QED) is 0.866. The number of methoxy groups -OCH3 is 1. The fourth-order valence-electron chi connectivity index (χ4n) is 2.30. The predicted molar refractivity (Wildman–Crippen MR) is 71.5 cm³/mol. The lowest BCUT2D eigenvalue weighted by Crippen LogP contribution is -2.31. The molecule has 1 aromatic carbocycles. The SMILES string of the molecule is CCC(O)(c1ccc(C)c(C)c1OC)C(C)C. The molecule has 0 aliphatic heterocycles. The number of aliphatic hydroxyl groups is 1. The molecule has 17 heavy (non-hydrogen) atoms. The zero-order valence-electron chi connectivity index (χ0n) is 11.8. The number of benzene rings is 1. The van der Waals surface area contributed by atoms with Crippen molar-refractivity contribution in [2.45, 2.75) is 46.6 Å². The molecule has 0 bridgehead atoms. The van der Waals surface area contributed by atoms with Gasteiger partial charge in [0.15, 0.2) is 0 Å². The minimum absolute atomic E-state index is 0.156. The lowest BCUT2D eigenvalue weighted by molar-refractivity contribution is -0.0160. The molecule has 0 heterocycles. The van der Waals surface area contributed by atoms with Crippen molar-refractivity contribution >= 4 is 0 Å². The summed E-state index contributed by atoms with van der Waals surface area (Å²) in [5.41, 5.74) is 2.38. The van der Waals surface area contributed by atoms with Crippen molar-refractivity contribution in [3.8, 4) is 5.75 Å². The van der Waals surface area contributed by atoms with Crippen LogP contribution >= 0.6 is 0 Å². The number of aryl methyl sites for hydroxylation is 1. The van der Waals surface area contributed by atoms with Crippen LogP contribution in [0.15, 0.2) is 12.1 Å². The molecule has 1 unspecified atom stereocenters. The van der Waals surface area contributed by atoms with E-state index in [-0.39, 0.29) is 5.92 Å². The fraction of sp³-hybridized carbons (Fsp3) is 0.600. The molecular weight excluding hydrogens is 212 g/mol. The van der Waals surface area contributed by atoms with Gasteiger partial charge in [0, 0.05) is 5.56 Å². The van der Waals surface area contributed by atoms with E-state index in [4.69, 9.17) is 4.74 Å². The third-order valence-corrected chi connectivity index (χ3v) is 3.84. The highest BCUT2D eigenvalue weighted by molar-refractivity contribution is 5.48. The number of hydrogen-bond acceptors (Lipinski definition) is 2. The van der Waals surface area contributed by atoms with E-state index in [0.29, 0.717) is 6.42 Å². The van der Waals surface area contributed by atoms with E-state index in [1.165, 1.54) is 5.56 Å². The van der Waals surface area contributed by atoms with Crippen molar-refractivity contribution in [1.82, 2.24) is 0 Å². The maximum atomic E-state index is 10.8. The number of ether oxygens (including phenoxy) is 1. The van der Waals surface area contributed by atoms with Gasteiger partial charge in [0.25, 0.3) is 0 Å². The summed E-state index contributed by atoms with van der Waals surface area (Å²) in [7, 11) is 1.67. The van der Waals surface area contributed by atoms with Gasteiger partial charge in [0.2, 0.25) is 0 Å². The first-order chi connectivity index (χ1) is 7.88. The minimum Gasteiger partial charge on any atom is -0.496 e. The molecule has 1 N–H and O–H groups in total. The Morgan fingerprint density at radius 2 is 1.88 bits per heavy atom. The van der Waals surface area contributed by atoms with Crippen LogP contribution in [0.3, 0.4) is 0 Å². The van der Waals surface area contributed by atoms with Gasteiger partial charge >= 0.3 is 0 Å². The van der Waals surface area contributed by atoms with Crippen molar-refractivity contribution in [3.63, 3.8) is 0 Å². The largest absolute Gasteiger partial charge is 0.496 e. The average Bonchev–Trinajstić information content (AvgIpc) is 2.31. The number of hydrogen-bond donors (Lipinski definition) is 1. The van der Waals surface area contributed by atoms with Gasteiger partial charge in [-0.2, -0.15) is 0 Å². The summed E-state index contributed by atoms with van der Waals surface area (Å²) < 4.78 is 5.50. The van der Waals surface area contributed by atoms with Gasteiger partial charge in [-0.3, -0.25) is 0 Å². The van der Waals surface area contributed by atoms with Crippen LogP contribution in [0, 0.1) is 19.8 Å². The molecule has 0 radical (unpaired) electrons. The lowest BCUT2D eigenvalue weighted by Gasteiger charge is -2.33. The minimum atomic E-state index is -0.816. The van der Waals surface area contributed by atoms with Crippen LogP contribution in [-0.2, 0) is 5.60 Å². The van der Waals surface area contributed by atoms with E-state index in [0.717, 1.165) is 16.9 Å². The molecular formula is C15H24O2. The van der Waals surface area contributed by atoms with Crippen molar-refractivity contribution in [3.05, 3.63) is 28.8 Å². The van der Waals surface area contributed by atoms with Crippen LogP contribution in [-0.4, -0.2) is 12.2 Å². The first-order valence-electron chi connectivity index (χ1n) is 6.25. The summed E-state index contributed by atoms with van der Waals surface area (Å²) in [6, 6.07) is 4.04. The first kappa shape index (κ1) is 14.0. The normalized spacial score (nSPS) is 14.8. The molecule has 0 aliphatic carbocycles. The molecule has 0 amide bonds. The van der Waals surface area contributed by atoms with Gasteiger partial charge in [0.1, 0.15) is 5.75 Å². The van der Waals surface area contributed by atoms with Crippen molar-refractivity contribution in [1.29, 1.82) is 0 Å². The van der Waals surface area contributed by atoms with E-state index < -0.39 is 5.60 Å². The van der Waals surface area contributed by atoms with Crippen LogP contribution in [0.1, 0.15) is 43.9 Å². The fourth-order valence-corrected chi connectivity index (χ4v) is 2.30. The summed E-state index contributed by atoms with van der Waals surface area (Å²) >= 11 is 0. The van der Waals surface area contributed by atoms with Crippen LogP contribution in [0.4, 0.5) is 0 Å². The Bertz CT molecular complexity index is 396. The smallest absolute Gasteiger partial charge is 0.128 e. The average molecular weight is 236 g/mol. The van der Waals surface area contributed by atoms with Gasteiger partial charge in [-0.1, -0.05) is 32.9 Å². The second-order valence-corrected chi connectivity index (χ2v) is 5.02. The highest BCUT2D eigenvalue weighted by Gasteiger charge is 2.34. The maximum absolute atomic E-state index is 10.8. The van der Waals surface area contributed by atoms with E-state index >= 15 is 0 Å². The van der Waals surface area contributed by atoms with Crippen LogP contribution < -0.4 is 4.74 Å². The van der Waals surface area contributed by atoms with Crippen LogP contribution in [0.5, 0.6) is 5.75 Å². The molecule has 2 heteroatoms. The van der Waals surface area contributed by atoms with Gasteiger partial charge in [-0.05, 0) is 37.3 Å². The monoisotopic (exact) mass is 236 g/mol. The molecule has 0 saturated carbocycles. The molecule has 1 atom stereocenters. The van der Waals surface area contributed by atoms with Crippen LogP contribution in [0.2, 0.25) is 0 Å². The second-order valence-electron chi connectivity index (χ2n) is 5.02. The first-order valence-corrected chi connectivity index (χ1v) is 6.25. The van der Waals surface area contributed by atoms with Crippen molar-refractivity contribution < 1.29 is 9.84 Å². The summed E-state index contributed by atoms with van der Waals surface area (Å²) in [5.74, 6) is 0.978. The lowest BCUT2D eigenvalue weighted by atomic mass is 9.79. The Hall–Kier alpha value is -1.02. The molecule has 2 nitrogen and oxygen atoms in total. The summed E-state index contributed by atoms with van der Waals surface area (Å²) in [6.07, 6.45) is 0.684. The standard InChI is InChI=1S/C15H24O2/c1-7-15(16,10(2)3)13-9-8-11(4)12(5)14(13)17-6/h8-10,16H,7H2,1-6H3. The summed E-state index contributed by atoms with van der Waals surface area (Å²) in [4.78, 5) is 0. The van der Waals surface area contributed by atoms with E-state index in [1.54, 1.807) is 7.11 Å². The zero-order valence-corrected chi connectivity index (χ0v) is 11.8. The summed E-state index contributed by atoms with van der Waals surface area (Å²) in [6.45, 7) is 10.2. The molecule has 0 fully saturated rings. The van der Waals surface area contributed by atoms with Gasteiger partial charge in [-0.25, -0.2) is 0 Å². The van der Waals surface area contributed by atoms with Gasteiger partial charge in [0.05, 0.1) is 12.7 Å². The molecule has 96 valence electrons. The highest BCUT2D eigenvalue weighted by atomic mass is 16.5. The van der Waals surface area contributed by atoms with E-state index in [1.807, 2.05) is 33.8 Å². The third kappa shape index (κ3) is 2.32. The molecule has 0 aliphatic rings. The van der Waals surface area contributed by atoms with Crippen molar-refractivity contribution in [2.24, 2.45) is 5.92 Å².